The van der Waals surface area contributed by atoms with Gasteiger partial charge in [0.05, 0.1) is 6.42 Å². The van der Waals surface area contributed by atoms with Gasteiger partial charge >= 0.3 is 5.97 Å². The molecule has 1 N–H and O–H groups in total. The molecule has 13 heavy (non-hydrogen) atoms. The number of carboxylic acids is 1. The number of ketones is 1. The van der Waals surface area contributed by atoms with Gasteiger partial charge in [0.15, 0.2) is 0 Å². The van der Waals surface area contributed by atoms with Crippen LogP contribution in [0.4, 0.5) is 0 Å². The molecule has 0 spiro atoms. The van der Waals surface area contributed by atoms with Gasteiger partial charge in [-0.2, -0.15) is 0 Å². The topological polar surface area (TPSA) is 54.4 Å². The van der Waals surface area contributed by atoms with Crippen LogP contribution in [0.2, 0.25) is 0 Å². The highest BCUT2D eigenvalue weighted by molar-refractivity contribution is 5.84. The van der Waals surface area contributed by atoms with Crippen molar-refractivity contribution in [3.05, 3.63) is 0 Å². The predicted molar refractivity (Wildman–Crippen MR) is 48.3 cm³/mol. The third kappa shape index (κ3) is 1.74. The Morgan fingerprint density at radius 3 is 2.31 bits per heavy atom. The molecular formula is C10H16O3. The smallest absolute Gasteiger partial charge is 0.303 e. The van der Waals surface area contributed by atoms with E-state index in [4.69, 9.17) is 5.11 Å². The molecule has 3 nitrogen and oxygen atoms in total. The standard InChI is InChI=1S/C10H16O3/c1-6(2)10(5-9(12)13)4-8(10)7(3)11/h6,8H,4-5H2,1-3H3,(H,12,13)/t8-,10-/m1/s1. The highest BCUT2D eigenvalue weighted by Gasteiger charge is 2.59. The first-order valence-corrected chi connectivity index (χ1v) is 4.62. The Morgan fingerprint density at radius 1 is 1.54 bits per heavy atom. The molecule has 0 heterocycles. The van der Waals surface area contributed by atoms with E-state index < -0.39 is 5.97 Å². The Kier molecular flexibility index (Phi) is 2.46. The third-order valence-electron chi connectivity index (χ3n) is 3.24. The van der Waals surface area contributed by atoms with Crippen LogP contribution in [0.25, 0.3) is 0 Å². The van der Waals surface area contributed by atoms with E-state index in [1.54, 1.807) is 6.92 Å². The van der Waals surface area contributed by atoms with Crippen LogP contribution in [-0.4, -0.2) is 16.9 Å². The second-order valence-corrected chi connectivity index (χ2v) is 4.33. The van der Waals surface area contributed by atoms with Crippen LogP contribution >= 0.6 is 0 Å². The monoisotopic (exact) mass is 184 g/mol. The number of hydrogen-bond acceptors (Lipinski definition) is 2. The molecule has 1 aliphatic carbocycles. The molecule has 2 atom stereocenters. The lowest BCUT2D eigenvalue weighted by Crippen LogP contribution is -2.19. The van der Waals surface area contributed by atoms with E-state index in [1.807, 2.05) is 13.8 Å². The zero-order valence-electron chi connectivity index (χ0n) is 8.33. The number of Topliss-reactive ketones (excluding diaryl/α,β-unsaturated/α-hetero) is 1. The van der Waals surface area contributed by atoms with Crippen molar-refractivity contribution in [3.8, 4) is 0 Å². The maximum absolute atomic E-state index is 11.1. The molecule has 0 radical (unpaired) electrons. The lowest BCUT2D eigenvalue weighted by atomic mass is 9.86. The average molecular weight is 184 g/mol. The van der Waals surface area contributed by atoms with Gasteiger partial charge < -0.3 is 5.11 Å². The lowest BCUT2D eigenvalue weighted by molar-refractivity contribution is -0.139. The SMILES string of the molecule is CC(=O)[C@H]1C[C@@]1(CC(=O)O)C(C)C. The molecule has 1 aliphatic rings. The zero-order valence-corrected chi connectivity index (χ0v) is 8.33. The molecule has 0 saturated heterocycles. The van der Waals surface area contributed by atoms with Crippen LogP contribution in [-0.2, 0) is 9.59 Å². The Morgan fingerprint density at radius 2 is 2.08 bits per heavy atom. The van der Waals surface area contributed by atoms with Crippen LogP contribution in [0.3, 0.4) is 0 Å². The third-order valence-corrected chi connectivity index (χ3v) is 3.24. The minimum atomic E-state index is -0.794. The summed E-state index contributed by atoms with van der Waals surface area (Å²) in [5.74, 6) is -0.395. The van der Waals surface area contributed by atoms with Crippen molar-refractivity contribution in [3.63, 3.8) is 0 Å². The Balaban J connectivity index is 2.71. The van der Waals surface area contributed by atoms with Crippen LogP contribution in [0, 0.1) is 17.3 Å². The summed E-state index contributed by atoms with van der Waals surface area (Å²) < 4.78 is 0. The van der Waals surface area contributed by atoms with Crippen molar-refractivity contribution in [2.75, 3.05) is 0 Å². The molecule has 0 unspecified atom stereocenters. The molecule has 0 aliphatic heterocycles. The predicted octanol–water partition coefficient (Wildman–Crippen LogP) is 1.71. The number of carbonyl (C=O) groups is 2. The maximum Gasteiger partial charge on any atom is 0.303 e. The van der Waals surface area contributed by atoms with E-state index in [2.05, 4.69) is 0 Å². The van der Waals surface area contributed by atoms with Gasteiger partial charge in [-0.05, 0) is 24.7 Å². The largest absolute Gasteiger partial charge is 0.481 e. The van der Waals surface area contributed by atoms with Crippen LogP contribution in [0.15, 0.2) is 0 Å². The summed E-state index contributed by atoms with van der Waals surface area (Å²) in [5.41, 5.74) is -0.238. The fourth-order valence-electron chi connectivity index (χ4n) is 2.19. The summed E-state index contributed by atoms with van der Waals surface area (Å²) in [6.45, 7) is 5.54. The van der Waals surface area contributed by atoms with E-state index in [0.29, 0.717) is 0 Å². The number of aliphatic carboxylic acids is 1. The number of rotatable bonds is 4. The first-order valence-electron chi connectivity index (χ1n) is 4.62. The van der Waals surface area contributed by atoms with Crippen LogP contribution in [0.5, 0.6) is 0 Å². The highest BCUT2D eigenvalue weighted by atomic mass is 16.4. The number of carboxylic acid groups (broad SMARTS) is 1. The molecule has 1 fully saturated rings. The molecule has 0 aromatic heterocycles. The fraction of sp³-hybridized carbons (Fsp3) is 0.800. The molecule has 0 aromatic carbocycles. The second kappa shape index (κ2) is 3.13. The normalized spacial score (nSPS) is 31.8. The average Bonchev–Trinajstić information content (AvgIpc) is 2.62. The fourth-order valence-corrected chi connectivity index (χ4v) is 2.19. The van der Waals surface area contributed by atoms with E-state index in [1.165, 1.54) is 0 Å². The van der Waals surface area contributed by atoms with Gasteiger partial charge in [0.25, 0.3) is 0 Å². The summed E-state index contributed by atoms with van der Waals surface area (Å²) >= 11 is 0. The first kappa shape index (κ1) is 10.2. The molecule has 0 amide bonds. The summed E-state index contributed by atoms with van der Waals surface area (Å²) in [6.07, 6.45) is 0.890. The van der Waals surface area contributed by atoms with Crippen molar-refractivity contribution < 1.29 is 14.7 Å². The van der Waals surface area contributed by atoms with Crippen LogP contribution < -0.4 is 0 Å². The van der Waals surface area contributed by atoms with E-state index in [-0.39, 0.29) is 29.5 Å². The van der Waals surface area contributed by atoms with E-state index >= 15 is 0 Å². The minimum absolute atomic E-state index is 0.0106. The van der Waals surface area contributed by atoms with Gasteiger partial charge in [-0.1, -0.05) is 13.8 Å². The van der Waals surface area contributed by atoms with E-state index in [0.717, 1.165) is 6.42 Å². The number of carbonyl (C=O) groups excluding carboxylic acids is 1. The van der Waals surface area contributed by atoms with Gasteiger partial charge in [0, 0.05) is 5.92 Å². The Bertz CT molecular complexity index is 245. The van der Waals surface area contributed by atoms with Gasteiger partial charge in [-0.3, -0.25) is 9.59 Å². The summed E-state index contributed by atoms with van der Waals surface area (Å²) in [4.78, 5) is 21.7. The van der Waals surface area contributed by atoms with Crippen molar-refractivity contribution in [1.82, 2.24) is 0 Å². The molecule has 3 heteroatoms. The Hall–Kier alpha value is -0.860. The molecule has 74 valence electrons. The van der Waals surface area contributed by atoms with Gasteiger partial charge in [0.2, 0.25) is 0 Å². The second-order valence-electron chi connectivity index (χ2n) is 4.33. The molecular weight excluding hydrogens is 168 g/mol. The number of hydrogen-bond donors (Lipinski definition) is 1. The van der Waals surface area contributed by atoms with Crippen molar-refractivity contribution in [2.24, 2.45) is 17.3 Å². The van der Waals surface area contributed by atoms with E-state index in [9.17, 15) is 9.59 Å². The summed E-state index contributed by atoms with van der Waals surface area (Å²) in [7, 11) is 0. The van der Waals surface area contributed by atoms with Gasteiger partial charge in [-0.25, -0.2) is 0 Å². The van der Waals surface area contributed by atoms with Gasteiger partial charge in [0.1, 0.15) is 5.78 Å². The molecule has 0 aromatic rings. The molecule has 1 rings (SSSR count). The highest BCUT2D eigenvalue weighted by Crippen LogP contribution is 2.60. The quantitative estimate of drug-likeness (QED) is 0.723. The van der Waals surface area contributed by atoms with Crippen molar-refractivity contribution >= 4 is 11.8 Å². The summed E-state index contributed by atoms with van der Waals surface area (Å²) in [5, 5.41) is 8.73. The van der Waals surface area contributed by atoms with Crippen molar-refractivity contribution in [2.45, 2.75) is 33.6 Å². The maximum atomic E-state index is 11.1. The summed E-state index contributed by atoms with van der Waals surface area (Å²) in [6, 6.07) is 0. The zero-order chi connectivity index (χ0) is 10.2. The van der Waals surface area contributed by atoms with Crippen molar-refractivity contribution in [1.29, 1.82) is 0 Å². The molecule has 0 bridgehead atoms. The van der Waals surface area contributed by atoms with Crippen LogP contribution in [0.1, 0.15) is 33.6 Å². The Labute approximate surface area is 78.1 Å². The van der Waals surface area contributed by atoms with Gasteiger partial charge in [-0.15, -0.1) is 0 Å². The minimum Gasteiger partial charge on any atom is -0.481 e. The molecule has 1 saturated carbocycles. The first-order chi connectivity index (χ1) is 5.90. The lowest BCUT2D eigenvalue weighted by Gasteiger charge is -2.18.